The van der Waals surface area contributed by atoms with Crippen LogP contribution >= 0.6 is 21.9 Å². The Balaban J connectivity index is 1.89. The molecule has 0 spiro atoms. The van der Waals surface area contributed by atoms with Crippen LogP contribution in [0.1, 0.15) is 0 Å². The van der Waals surface area contributed by atoms with E-state index in [-0.39, 0.29) is 19.8 Å². The number of esters is 1. The van der Waals surface area contributed by atoms with Crippen molar-refractivity contribution in [2.75, 3.05) is 38.9 Å². The number of benzene rings is 3. The number of rotatable bonds is 15. The minimum atomic E-state index is -5.74. The molecule has 3 aromatic carbocycles. The maximum absolute atomic E-state index is 15.2. The summed E-state index contributed by atoms with van der Waals surface area (Å²) in [6.45, 7) is -0.140. The second-order valence-electron chi connectivity index (χ2n) is 7.64. The van der Waals surface area contributed by atoms with Crippen molar-refractivity contribution in [3.8, 4) is 0 Å². The number of hydrogen-bond donors (Lipinski definition) is 0. The number of hydrogen-bond acceptors (Lipinski definition) is 6. The normalized spacial score (nSPS) is 12.7. The van der Waals surface area contributed by atoms with Gasteiger partial charge in [0.2, 0.25) is 0 Å². The van der Waals surface area contributed by atoms with E-state index in [1.54, 1.807) is 91.0 Å². The third kappa shape index (κ3) is 7.10. The molecule has 1 N–H and O–H groups in total. The number of halogens is 3. The summed E-state index contributed by atoms with van der Waals surface area (Å²) in [5.74, 6) is -1.92. The second kappa shape index (κ2) is 14.0. The lowest BCUT2D eigenvalue weighted by molar-refractivity contribution is -0.163. The topological polar surface area (TPSA) is 91.7 Å². The van der Waals surface area contributed by atoms with Crippen molar-refractivity contribution in [3.63, 3.8) is 0 Å². The van der Waals surface area contributed by atoms with Crippen molar-refractivity contribution in [1.29, 1.82) is 0 Å². The summed E-state index contributed by atoms with van der Waals surface area (Å²) < 4.78 is 75.4. The summed E-state index contributed by atoms with van der Waals surface area (Å²) in [5, 5.41) is -4.94. The van der Waals surface area contributed by atoms with Crippen molar-refractivity contribution in [2.45, 2.75) is 19.9 Å². The minimum absolute atomic E-state index is 0.121. The Morgan fingerprint density at radius 1 is 0.711 bits per heavy atom. The molecule has 12 heteroatoms. The van der Waals surface area contributed by atoms with Gasteiger partial charge in [0.1, 0.15) is 6.61 Å². The average molecular weight is 590 g/mol. The Bertz CT molecular complexity index is 1150. The van der Waals surface area contributed by atoms with E-state index in [0.717, 1.165) is 0 Å². The van der Waals surface area contributed by atoms with Crippen LogP contribution in [0.15, 0.2) is 106 Å². The molecular formula is C26H28ClF2O7S2+. The van der Waals surface area contributed by atoms with Gasteiger partial charge < -0.3 is 14.2 Å². The first kappa shape index (κ1) is 30.0. The molecule has 0 saturated carbocycles. The zero-order chi connectivity index (χ0) is 27.5. The summed E-state index contributed by atoms with van der Waals surface area (Å²) in [6, 6.07) is 24.9. The van der Waals surface area contributed by atoms with E-state index in [2.05, 4.69) is 8.37 Å². The van der Waals surface area contributed by atoms with Crippen LogP contribution in [0.4, 0.5) is 8.78 Å². The van der Waals surface area contributed by atoms with E-state index in [0.29, 0.717) is 27.2 Å². The van der Waals surface area contributed by atoms with Crippen LogP contribution < -0.4 is 0 Å². The van der Waals surface area contributed by atoms with Crippen LogP contribution in [0.2, 0.25) is 0 Å². The van der Waals surface area contributed by atoms with Crippen molar-refractivity contribution in [1.82, 2.24) is 0 Å². The minimum Gasteiger partial charge on any atom is -0.458 e. The Hall–Kier alpha value is -2.54. The zero-order valence-electron chi connectivity index (χ0n) is 20.2. The van der Waals surface area contributed by atoms with Crippen LogP contribution in [0.3, 0.4) is 0 Å². The highest BCUT2D eigenvalue weighted by Crippen LogP contribution is 2.68. The highest BCUT2D eigenvalue weighted by atomic mass is 35.5. The molecule has 3 aromatic rings. The van der Waals surface area contributed by atoms with Gasteiger partial charge in [-0.1, -0.05) is 54.6 Å². The molecule has 0 aliphatic carbocycles. The van der Waals surface area contributed by atoms with Gasteiger partial charge in [-0.2, -0.15) is 8.78 Å². The predicted molar refractivity (Wildman–Crippen MR) is 142 cm³/mol. The predicted octanol–water partition coefficient (Wildman–Crippen LogP) is 5.71. The smallest absolute Gasteiger partial charge is 0.458 e. The molecule has 0 bridgehead atoms. The number of ether oxygens (including phenoxy) is 3. The van der Waals surface area contributed by atoms with Crippen LogP contribution in [0, 0.1) is 0 Å². The molecule has 0 aliphatic heterocycles. The summed E-state index contributed by atoms with van der Waals surface area (Å²) in [6.07, 6.45) is 0. The molecule has 38 heavy (non-hydrogen) atoms. The van der Waals surface area contributed by atoms with E-state index < -0.39 is 38.3 Å². The molecule has 0 saturated heterocycles. The van der Waals surface area contributed by atoms with Crippen molar-refractivity contribution < 1.29 is 39.8 Å². The molecule has 0 aliphatic rings. The van der Waals surface area contributed by atoms with Crippen molar-refractivity contribution in [3.05, 3.63) is 91.0 Å². The van der Waals surface area contributed by atoms with Gasteiger partial charge >= 0.3 is 21.3 Å². The third-order valence-corrected chi connectivity index (χ3v) is 10.6. The Morgan fingerprint density at radius 3 is 1.53 bits per heavy atom. The second-order valence-corrected chi connectivity index (χ2v) is 12.6. The van der Waals surface area contributed by atoms with E-state index >= 15 is 8.78 Å². The summed E-state index contributed by atoms with van der Waals surface area (Å²) in [4.78, 5) is 13.5. The van der Waals surface area contributed by atoms with Crippen LogP contribution in [-0.4, -0.2) is 62.2 Å². The van der Waals surface area contributed by atoms with Gasteiger partial charge in [-0.3, -0.25) is 3.63 Å². The zero-order valence-corrected chi connectivity index (χ0v) is 22.6. The van der Waals surface area contributed by atoms with Gasteiger partial charge in [-0.25, -0.2) is 4.79 Å². The van der Waals surface area contributed by atoms with Gasteiger partial charge in [-0.05, 0) is 36.4 Å². The summed E-state index contributed by atoms with van der Waals surface area (Å²) in [5.41, 5.74) is 0. The first-order chi connectivity index (χ1) is 18.3. The molecule has 7 nitrogen and oxygen atoms in total. The molecule has 0 fully saturated rings. The molecule has 206 valence electrons. The van der Waals surface area contributed by atoms with Crippen molar-refractivity contribution in [2.24, 2.45) is 0 Å². The highest BCUT2D eigenvalue weighted by Gasteiger charge is 2.63. The lowest BCUT2D eigenvalue weighted by Crippen LogP contribution is -2.42. The molecule has 0 amide bonds. The summed E-state index contributed by atoms with van der Waals surface area (Å²) >= 11 is 5.47. The Labute approximate surface area is 227 Å². The average Bonchev–Trinajstić information content (AvgIpc) is 2.94. The number of alkyl halides is 3. The molecule has 0 heterocycles. The molecule has 0 unspecified atom stereocenters. The van der Waals surface area contributed by atoms with Gasteiger partial charge in [0, 0.05) is 5.88 Å². The fraction of sp³-hybridized carbons (Fsp3) is 0.269. The Morgan fingerprint density at radius 2 is 1.11 bits per heavy atom. The van der Waals surface area contributed by atoms with E-state index in [1.165, 1.54) is 0 Å². The maximum atomic E-state index is 15.2. The summed E-state index contributed by atoms with van der Waals surface area (Å²) in [7, 11) is -8.88. The standard InChI is InChI=1S/C26H27ClF2O7S2/c27-16-17-33-18-19-34-20-21-35-25(30)26(28,29)38(31,32)36-37(22-10-4-1-5-11-22,23-12-6-2-7-13-23)24-14-8-3-9-15-24/h1-15H,16-21H2/p+1. The number of carbonyl (C=O) groups excluding carboxylic acids is 1. The first-order valence-corrected chi connectivity index (χ1v) is 15.1. The van der Waals surface area contributed by atoms with Crippen LogP contribution in [-0.2, 0) is 29.1 Å². The van der Waals surface area contributed by atoms with E-state index in [9.17, 15) is 13.2 Å². The van der Waals surface area contributed by atoms with Crippen LogP contribution in [0.5, 0.6) is 0 Å². The van der Waals surface area contributed by atoms with Crippen LogP contribution in [0.25, 0.3) is 0 Å². The molecule has 0 aromatic heterocycles. The Kier molecular flexibility index (Phi) is 11.1. The van der Waals surface area contributed by atoms with Gasteiger partial charge in [0.15, 0.2) is 0 Å². The lowest BCUT2D eigenvalue weighted by Gasteiger charge is -2.35. The van der Waals surface area contributed by atoms with Crippen molar-refractivity contribution >= 4 is 38.0 Å². The first-order valence-electron chi connectivity index (χ1n) is 11.5. The maximum Gasteiger partial charge on any atom is 0.514 e. The third-order valence-electron chi connectivity index (χ3n) is 5.08. The van der Waals surface area contributed by atoms with Gasteiger partial charge in [0.25, 0.3) is 0 Å². The van der Waals surface area contributed by atoms with Gasteiger partial charge in [0.05, 0.1) is 51.4 Å². The van der Waals surface area contributed by atoms with E-state index in [1.807, 2.05) is 0 Å². The molecule has 0 radical (unpaired) electrons. The molecule has 3 rings (SSSR count). The quantitative estimate of drug-likeness (QED) is 0.0741. The molecular weight excluding hydrogens is 562 g/mol. The number of carbonyl (C=O) groups is 1. The highest BCUT2D eigenvalue weighted by molar-refractivity contribution is 8.32. The van der Waals surface area contributed by atoms with Gasteiger partial charge in [-0.15, -0.1) is 20.0 Å². The lowest BCUT2D eigenvalue weighted by atomic mass is 10.4. The largest absolute Gasteiger partial charge is 0.514 e. The molecule has 0 atom stereocenters. The fourth-order valence-corrected chi connectivity index (χ4v) is 8.78. The van der Waals surface area contributed by atoms with E-state index in [4.69, 9.17) is 21.1 Å². The SMILES string of the molecule is O=C(OCCOCCOCCCl)C(F)(F)S(=O)(=O)[OH+]S(c1ccccc1)(c1ccccc1)c1ccccc1. The fourth-order valence-electron chi connectivity index (χ4n) is 3.34. The monoisotopic (exact) mass is 589 g/mol.